The van der Waals surface area contributed by atoms with Crippen LogP contribution in [-0.4, -0.2) is 9.94 Å². The third-order valence-electron chi connectivity index (χ3n) is 1.14. The Morgan fingerprint density at radius 2 is 2.33 bits per heavy atom. The van der Waals surface area contributed by atoms with Gasteiger partial charge in [0.1, 0.15) is 0 Å². The minimum Gasteiger partial charge on any atom is -0.429 e. The standard InChI is InChI=1S/C6H8N2O/c1-5-4-8(9)3-2-6(5)7/h2-4,7,9H,1H3. The highest BCUT2D eigenvalue weighted by Gasteiger charge is 1.86. The van der Waals surface area contributed by atoms with Crippen molar-refractivity contribution in [3.8, 4) is 0 Å². The Labute approximate surface area is 52.7 Å². The first-order valence-electron chi connectivity index (χ1n) is 2.63. The molecule has 0 aromatic carbocycles. The third kappa shape index (κ3) is 1.10. The van der Waals surface area contributed by atoms with E-state index < -0.39 is 0 Å². The molecule has 1 aromatic rings. The van der Waals surface area contributed by atoms with E-state index in [4.69, 9.17) is 10.6 Å². The molecule has 0 bridgehead atoms. The summed E-state index contributed by atoms with van der Waals surface area (Å²) in [6, 6.07) is 1.54. The van der Waals surface area contributed by atoms with Gasteiger partial charge < -0.3 is 10.6 Å². The molecule has 0 saturated heterocycles. The molecular formula is C6H8N2O. The van der Waals surface area contributed by atoms with Gasteiger partial charge in [0.15, 0.2) is 0 Å². The SMILES string of the molecule is Cc1cn(O)ccc1=N. The van der Waals surface area contributed by atoms with Crippen molar-refractivity contribution in [1.29, 1.82) is 5.41 Å². The largest absolute Gasteiger partial charge is 0.429 e. The molecule has 1 rings (SSSR count). The van der Waals surface area contributed by atoms with Gasteiger partial charge in [-0.3, -0.25) is 0 Å². The van der Waals surface area contributed by atoms with E-state index in [-0.39, 0.29) is 0 Å². The van der Waals surface area contributed by atoms with E-state index in [1.165, 1.54) is 18.5 Å². The number of nitrogens with one attached hydrogen (secondary N) is 1. The third-order valence-corrected chi connectivity index (χ3v) is 1.14. The van der Waals surface area contributed by atoms with E-state index in [2.05, 4.69) is 0 Å². The summed E-state index contributed by atoms with van der Waals surface area (Å²) in [5.41, 5.74) is 0.764. The van der Waals surface area contributed by atoms with E-state index in [1.807, 2.05) is 0 Å². The van der Waals surface area contributed by atoms with Gasteiger partial charge in [-0.25, -0.2) is 4.73 Å². The van der Waals surface area contributed by atoms with Crippen LogP contribution in [0.2, 0.25) is 0 Å². The van der Waals surface area contributed by atoms with Crippen LogP contribution < -0.4 is 5.36 Å². The molecule has 0 aliphatic rings. The van der Waals surface area contributed by atoms with E-state index in [9.17, 15) is 0 Å². The Morgan fingerprint density at radius 1 is 1.67 bits per heavy atom. The minimum absolute atomic E-state index is 0.445. The molecule has 1 heterocycles. The predicted molar refractivity (Wildman–Crippen MR) is 32.2 cm³/mol. The van der Waals surface area contributed by atoms with Gasteiger partial charge in [-0.05, 0) is 18.6 Å². The molecule has 2 N–H and O–H groups in total. The van der Waals surface area contributed by atoms with Gasteiger partial charge >= 0.3 is 0 Å². The van der Waals surface area contributed by atoms with Crippen molar-refractivity contribution < 1.29 is 5.21 Å². The number of hydrogen-bond donors (Lipinski definition) is 2. The lowest BCUT2D eigenvalue weighted by molar-refractivity contribution is 0.183. The maximum absolute atomic E-state index is 8.77. The van der Waals surface area contributed by atoms with Crippen molar-refractivity contribution >= 4 is 0 Å². The van der Waals surface area contributed by atoms with E-state index >= 15 is 0 Å². The van der Waals surface area contributed by atoms with E-state index in [0.29, 0.717) is 5.36 Å². The number of aromatic nitrogens is 1. The Hall–Kier alpha value is -1.25. The van der Waals surface area contributed by atoms with Gasteiger partial charge in [0.25, 0.3) is 0 Å². The van der Waals surface area contributed by atoms with Crippen molar-refractivity contribution in [3.63, 3.8) is 0 Å². The number of pyridine rings is 1. The summed E-state index contributed by atoms with van der Waals surface area (Å²) in [6.07, 6.45) is 2.91. The lowest BCUT2D eigenvalue weighted by atomic mass is 10.3. The molecule has 1 aromatic heterocycles. The van der Waals surface area contributed by atoms with Gasteiger partial charge in [-0.2, -0.15) is 0 Å². The van der Waals surface area contributed by atoms with Crippen LogP contribution in [0.25, 0.3) is 0 Å². The summed E-state index contributed by atoms with van der Waals surface area (Å²) in [4.78, 5) is 0. The van der Waals surface area contributed by atoms with Crippen molar-refractivity contribution in [1.82, 2.24) is 4.73 Å². The van der Waals surface area contributed by atoms with Crippen LogP contribution in [-0.2, 0) is 0 Å². The second kappa shape index (κ2) is 1.93. The first-order valence-corrected chi connectivity index (χ1v) is 2.63. The Kier molecular flexibility index (Phi) is 1.26. The van der Waals surface area contributed by atoms with Crippen molar-refractivity contribution in [3.05, 3.63) is 29.4 Å². The first kappa shape index (κ1) is 5.88. The van der Waals surface area contributed by atoms with Crippen molar-refractivity contribution in [2.45, 2.75) is 6.92 Å². The van der Waals surface area contributed by atoms with Gasteiger partial charge in [0.05, 0.1) is 5.36 Å². The van der Waals surface area contributed by atoms with Crippen molar-refractivity contribution in [2.24, 2.45) is 0 Å². The number of nitrogens with zero attached hydrogens (tertiary/aromatic N) is 1. The Balaban J connectivity index is 3.34. The fraction of sp³-hybridized carbons (Fsp3) is 0.167. The minimum atomic E-state index is 0.445. The fourth-order valence-electron chi connectivity index (χ4n) is 0.593. The van der Waals surface area contributed by atoms with Crippen LogP contribution in [0.5, 0.6) is 0 Å². The molecule has 0 spiro atoms. The predicted octanol–water partition coefficient (Wildman–Crippen LogP) is 0.513. The summed E-state index contributed by atoms with van der Waals surface area (Å²) < 4.78 is 0.938. The number of aryl methyl sites for hydroxylation is 1. The van der Waals surface area contributed by atoms with Crippen LogP contribution in [0.3, 0.4) is 0 Å². The molecule has 0 aliphatic heterocycles. The lowest BCUT2D eigenvalue weighted by Crippen LogP contribution is -2.06. The highest BCUT2D eigenvalue weighted by molar-refractivity contribution is 5.04. The highest BCUT2D eigenvalue weighted by atomic mass is 16.5. The maximum Gasteiger partial charge on any atom is 0.0600 e. The van der Waals surface area contributed by atoms with Crippen molar-refractivity contribution in [2.75, 3.05) is 0 Å². The van der Waals surface area contributed by atoms with Crippen LogP contribution in [0.15, 0.2) is 18.5 Å². The summed E-state index contributed by atoms with van der Waals surface area (Å²) in [7, 11) is 0. The fourth-order valence-corrected chi connectivity index (χ4v) is 0.593. The topological polar surface area (TPSA) is 49.0 Å². The first-order chi connectivity index (χ1) is 4.20. The summed E-state index contributed by atoms with van der Waals surface area (Å²) in [5.74, 6) is 0. The average Bonchev–Trinajstić information content (AvgIpc) is 1.80. The summed E-state index contributed by atoms with van der Waals surface area (Å²) in [6.45, 7) is 1.77. The zero-order valence-electron chi connectivity index (χ0n) is 5.13. The molecule has 3 nitrogen and oxygen atoms in total. The molecule has 3 heteroatoms. The lowest BCUT2D eigenvalue weighted by Gasteiger charge is -1.95. The van der Waals surface area contributed by atoms with Gasteiger partial charge in [-0.15, -0.1) is 0 Å². The molecule has 0 radical (unpaired) electrons. The van der Waals surface area contributed by atoms with E-state index in [1.54, 1.807) is 6.92 Å². The second-order valence-corrected chi connectivity index (χ2v) is 1.92. The summed E-state index contributed by atoms with van der Waals surface area (Å²) in [5, 5.41) is 16.4. The molecule has 0 amide bonds. The molecule has 9 heavy (non-hydrogen) atoms. The molecule has 0 aliphatic carbocycles. The monoisotopic (exact) mass is 124 g/mol. The zero-order chi connectivity index (χ0) is 6.85. The Bertz CT molecular complexity index is 264. The molecule has 0 fully saturated rings. The van der Waals surface area contributed by atoms with Crippen LogP contribution >= 0.6 is 0 Å². The smallest absolute Gasteiger partial charge is 0.0600 e. The Morgan fingerprint density at radius 3 is 2.78 bits per heavy atom. The maximum atomic E-state index is 8.77. The van der Waals surface area contributed by atoms with Gasteiger partial charge in [-0.1, -0.05) is 0 Å². The molecule has 48 valence electrons. The van der Waals surface area contributed by atoms with Gasteiger partial charge in [0, 0.05) is 12.4 Å². The normalized spacial score (nSPS) is 9.44. The quantitative estimate of drug-likeness (QED) is 0.486. The number of hydrogen-bond acceptors (Lipinski definition) is 2. The van der Waals surface area contributed by atoms with E-state index in [0.717, 1.165) is 10.3 Å². The summed E-state index contributed by atoms with van der Waals surface area (Å²) >= 11 is 0. The van der Waals surface area contributed by atoms with Crippen LogP contribution in [0, 0.1) is 12.3 Å². The van der Waals surface area contributed by atoms with Crippen LogP contribution in [0.1, 0.15) is 5.56 Å². The zero-order valence-corrected chi connectivity index (χ0v) is 5.13. The number of rotatable bonds is 0. The molecule has 0 unspecified atom stereocenters. The average molecular weight is 124 g/mol. The molecular weight excluding hydrogens is 116 g/mol. The molecule has 0 saturated carbocycles. The van der Waals surface area contributed by atoms with Crippen LogP contribution in [0.4, 0.5) is 0 Å². The highest BCUT2D eigenvalue weighted by Crippen LogP contribution is 1.84. The van der Waals surface area contributed by atoms with Gasteiger partial charge in [0.2, 0.25) is 0 Å². The second-order valence-electron chi connectivity index (χ2n) is 1.92. The molecule has 0 atom stereocenters.